The molecule has 8 heteroatoms. The number of nitrogens with zero attached hydrogens (tertiary/aromatic N) is 4. The lowest BCUT2D eigenvalue weighted by atomic mass is 9.88. The molecule has 1 fully saturated rings. The fourth-order valence-corrected chi connectivity index (χ4v) is 3.31. The molecule has 3 aromatic heterocycles. The van der Waals surface area contributed by atoms with Gasteiger partial charge < -0.3 is 5.32 Å². The maximum Gasteiger partial charge on any atom is 0.252 e. The Bertz CT molecular complexity index is 946. The third-order valence-corrected chi connectivity index (χ3v) is 4.88. The summed E-state index contributed by atoms with van der Waals surface area (Å²) in [6.07, 6.45) is 1.29. The van der Waals surface area contributed by atoms with Crippen LogP contribution in [-0.4, -0.2) is 31.5 Å². The first-order valence-corrected chi connectivity index (χ1v) is 8.82. The molecule has 0 saturated heterocycles. The number of anilines is 1. The molecule has 0 radical (unpaired) electrons. The van der Waals surface area contributed by atoms with Crippen LogP contribution in [0.15, 0.2) is 30.5 Å². The van der Waals surface area contributed by atoms with Gasteiger partial charge in [0, 0.05) is 54.5 Å². The summed E-state index contributed by atoms with van der Waals surface area (Å²) in [5.41, 5.74) is 3.13. The molecule has 0 amide bonds. The Morgan fingerprint density at radius 3 is 2.69 bits per heavy atom. The number of fused-ring (bicyclic) bond motifs is 1. The van der Waals surface area contributed by atoms with E-state index in [-0.39, 0.29) is 24.8 Å². The second-order valence-corrected chi connectivity index (χ2v) is 7.29. The zero-order valence-corrected chi connectivity index (χ0v) is 15.1. The summed E-state index contributed by atoms with van der Waals surface area (Å²) in [5.74, 6) is -1.94. The highest BCUT2D eigenvalue weighted by molar-refractivity contribution is 6.30. The lowest BCUT2D eigenvalue weighted by molar-refractivity contribution is -0.0794. The van der Waals surface area contributed by atoms with E-state index in [2.05, 4.69) is 20.4 Å². The van der Waals surface area contributed by atoms with Crippen LogP contribution >= 0.6 is 11.6 Å². The Kier molecular flexibility index (Phi) is 4.06. The molecule has 1 atom stereocenters. The Morgan fingerprint density at radius 2 is 2.04 bits per heavy atom. The van der Waals surface area contributed by atoms with Crippen LogP contribution in [0, 0.1) is 6.92 Å². The molecule has 136 valence electrons. The SMILES string of the molecule is Cc1cc(NC2CC(F)(F)C2)n2nc(C(C)c3ccc(Cl)cn3)cc2n1. The maximum atomic E-state index is 13.1. The molecular formula is C18H18ClF2N5. The fraction of sp³-hybridized carbons (Fsp3) is 0.389. The van der Waals surface area contributed by atoms with Crippen molar-refractivity contribution in [3.8, 4) is 0 Å². The normalized spacial score (nSPS) is 17.9. The Morgan fingerprint density at radius 1 is 1.27 bits per heavy atom. The van der Waals surface area contributed by atoms with E-state index < -0.39 is 5.92 Å². The van der Waals surface area contributed by atoms with Crippen molar-refractivity contribution in [1.29, 1.82) is 0 Å². The van der Waals surface area contributed by atoms with Crippen molar-refractivity contribution >= 4 is 23.1 Å². The first-order valence-electron chi connectivity index (χ1n) is 8.44. The monoisotopic (exact) mass is 377 g/mol. The predicted molar refractivity (Wildman–Crippen MR) is 96.1 cm³/mol. The van der Waals surface area contributed by atoms with Gasteiger partial charge in [0.1, 0.15) is 5.82 Å². The highest BCUT2D eigenvalue weighted by atomic mass is 35.5. The first kappa shape index (κ1) is 17.1. The van der Waals surface area contributed by atoms with Crippen LogP contribution in [0.1, 0.15) is 42.8 Å². The smallest absolute Gasteiger partial charge is 0.252 e. The van der Waals surface area contributed by atoms with Crippen molar-refractivity contribution in [2.24, 2.45) is 0 Å². The second kappa shape index (κ2) is 6.16. The van der Waals surface area contributed by atoms with Gasteiger partial charge in [0.25, 0.3) is 5.92 Å². The van der Waals surface area contributed by atoms with E-state index in [4.69, 9.17) is 11.6 Å². The Labute approximate surface area is 154 Å². The molecule has 26 heavy (non-hydrogen) atoms. The van der Waals surface area contributed by atoms with Gasteiger partial charge in [-0.25, -0.2) is 13.8 Å². The molecule has 3 heterocycles. The average molecular weight is 378 g/mol. The van der Waals surface area contributed by atoms with Crippen molar-refractivity contribution in [2.75, 3.05) is 5.32 Å². The van der Waals surface area contributed by atoms with Crippen LogP contribution in [0.25, 0.3) is 5.65 Å². The third kappa shape index (κ3) is 3.23. The maximum absolute atomic E-state index is 13.1. The van der Waals surface area contributed by atoms with E-state index in [1.54, 1.807) is 16.8 Å². The zero-order chi connectivity index (χ0) is 18.5. The summed E-state index contributed by atoms with van der Waals surface area (Å²) >= 11 is 5.90. The van der Waals surface area contributed by atoms with Crippen molar-refractivity contribution in [2.45, 2.75) is 44.6 Å². The van der Waals surface area contributed by atoms with Gasteiger partial charge in [-0.2, -0.15) is 9.61 Å². The van der Waals surface area contributed by atoms with E-state index in [1.807, 2.05) is 32.0 Å². The Hall–Kier alpha value is -2.28. The van der Waals surface area contributed by atoms with Crippen molar-refractivity contribution in [3.63, 3.8) is 0 Å². The average Bonchev–Trinajstić information content (AvgIpc) is 2.97. The molecule has 0 aliphatic heterocycles. The van der Waals surface area contributed by atoms with Crippen molar-refractivity contribution in [3.05, 3.63) is 52.6 Å². The third-order valence-electron chi connectivity index (χ3n) is 4.65. The molecule has 1 saturated carbocycles. The van der Waals surface area contributed by atoms with Gasteiger partial charge in [-0.3, -0.25) is 4.98 Å². The van der Waals surface area contributed by atoms with Crippen molar-refractivity contribution < 1.29 is 8.78 Å². The van der Waals surface area contributed by atoms with E-state index >= 15 is 0 Å². The predicted octanol–water partition coefficient (Wildman–Crippen LogP) is 4.45. The highest BCUT2D eigenvalue weighted by Gasteiger charge is 2.45. The molecule has 3 aromatic rings. The molecular weight excluding hydrogens is 360 g/mol. The number of pyridine rings is 1. The summed E-state index contributed by atoms with van der Waals surface area (Å²) in [5, 5.41) is 8.38. The summed E-state index contributed by atoms with van der Waals surface area (Å²) in [6.45, 7) is 3.88. The summed E-state index contributed by atoms with van der Waals surface area (Å²) < 4.78 is 27.9. The number of aryl methyl sites for hydroxylation is 1. The quantitative estimate of drug-likeness (QED) is 0.730. The number of alkyl halides is 2. The lowest BCUT2D eigenvalue weighted by Crippen LogP contribution is -2.44. The van der Waals surface area contributed by atoms with E-state index in [9.17, 15) is 8.78 Å². The number of hydrogen-bond donors (Lipinski definition) is 1. The lowest BCUT2D eigenvalue weighted by Gasteiger charge is -2.35. The minimum Gasteiger partial charge on any atom is -0.367 e. The highest BCUT2D eigenvalue weighted by Crippen LogP contribution is 2.39. The molecule has 1 N–H and O–H groups in total. The molecule has 5 nitrogen and oxygen atoms in total. The molecule has 1 aliphatic carbocycles. The van der Waals surface area contributed by atoms with E-state index in [0.29, 0.717) is 16.5 Å². The first-order chi connectivity index (χ1) is 12.3. The van der Waals surface area contributed by atoms with Crippen LogP contribution in [0.4, 0.5) is 14.6 Å². The summed E-state index contributed by atoms with van der Waals surface area (Å²) in [7, 11) is 0. The molecule has 1 aliphatic rings. The van der Waals surface area contributed by atoms with Crippen LogP contribution < -0.4 is 5.32 Å². The van der Waals surface area contributed by atoms with Gasteiger partial charge >= 0.3 is 0 Å². The van der Waals surface area contributed by atoms with Gasteiger partial charge in [0.2, 0.25) is 0 Å². The number of aromatic nitrogens is 4. The molecule has 1 unspecified atom stereocenters. The van der Waals surface area contributed by atoms with Crippen LogP contribution in [0.2, 0.25) is 5.02 Å². The minimum absolute atomic E-state index is 0.0461. The number of rotatable bonds is 4. The number of hydrogen-bond acceptors (Lipinski definition) is 4. The topological polar surface area (TPSA) is 55.1 Å². The standard InChI is InChI=1S/C18H18ClF2N5/c1-10-5-16(24-13-7-18(20,21)8-13)26-17(23-10)6-15(25-26)11(2)14-4-3-12(19)9-22-14/h3-6,9,11,13,24H,7-8H2,1-2H3. The minimum atomic E-state index is -2.57. The summed E-state index contributed by atoms with van der Waals surface area (Å²) in [6, 6.07) is 7.13. The fourth-order valence-electron chi connectivity index (χ4n) is 3.20. The zero-order valence-electron chi connectivity index (χ0n) is 14.4. The van der Waals surface area contributed by atoms with Gasteiger partial charge in [-0.05, 0) is 19.1 Å². The van der Waals surface area contributed by atoms with Gasteiger partial charge in [-0.15, -0.1) is 0 Å². The van der Waals surface area contributed by atoms with Crippen LogP contribution in [-0.2, 0) is 0 Å². The number of nitrogens with one attached hydrogen (secondary N) is 1. The molecule has 0 bridgehead atoms. The van der Waals surface area contributed by atoms with E-state index in [0.717, 1.165) is 17.1 Å². The van der Waals surface area contributed by atoms with Gasteiger partial charge in [0.15, 0.2) is 5.65 Å². The van der Waals surface area contributed by atoms with Gasteiger partial charge in [-0.1, -0.05) is 18.5 Å². The van der Waals surface area contributed by atoms with Crippen LogP contribution in [0.3, 0.4) is 0 Å². The van der Waals surface area contributed by atoms with Gasteiger partial charge in [0.05, 0.1) is 10.7 Å². The number of halogens is 3. The second-order valence-electron chi connectivity index (χ2n) is 6.85. The van der Waals surface area contributed by atoms with Crippen molar-refractivity contribution in [1.82, 2.24) is 19.6 Å². The largest absolute Gasteiger partial charge is 0.367 e. The van der Waals surface area contributed by atoms with E-state index in [1.165, 1.54) is 0 Å². The van der Waals surface area contributed by atoms with Crippen LogP contribution in [0.5, 0.6) is 0 Å². The Balaban J connectivity index is 1.66. The summed E-state index contributed by atoms with van der Waals surface area (Å²) in [4.78, 5) is 8.85. The molecule has 4 rings (SSSR count). The molecule has 0 aromatic carbocycles. The molecule has 0 spiro atoms.